The molecule has 0 aromatic heterocycles. The summed E-state index contributed by atoms with van der Waals surface area (Å²) in [4.78, 5) is 0. The van der Waals surface area contributed by atoms with Crippen molar-refractivity contribution >= 4 is 16.5 Å². The minimum absolute atomic E-state index is 0.278. The van der Waals surface area contributed by atoms with E-state index in [1.165, 1.54) is 0 Å². The van der Waals surface area contributed by atoms with Crippen molar-refractivity contribution < 1.29 is 27.2 Å². The van der Waals surface area contributed by atoms with Gasteiger partial charge in [-0.1, -0.05) is 0 Å². The predicted octanol–water partition coefficient (Wildman–Crippen LogP) is 0.846. The molecule has 0 amide bonds. The first kappa shape index (κ1) is 9.84. The van der Waals surface area contributed by atoms with Crippen LogP contribution < -0.4 is 0 Å². The zero-order valence-electron chi connectivity index (χ0n) is 6.78. The summed E-state index contributed by atoms with van der Waals surface area (Å²) in [7, 11) is -4.62. The van der Waals surface area contributed by atoms with E-state index in [9.17, 15) is 9.13 Å². The zero-order valence-corrected chi connectivity index (χ0v) is 8.78. The van der Waals surface area contributed by atoms with E-state index in [4.69, 9.17) is 18.1 Å². The highest BCUT2D eigenvalue weighted by Crippen LogP contribution is 2.43. The van der Waals surface area contributed by atoms with Crippen molar-refractivity contribution in [2.75, 3.05) is 26.4 Å². The van der Waals surface area contributed by atoms with Crippen LogP contribution in [0.5, 0.6) is 0 Å². The van der Waals surface area contributed by atoms with E-state index < -0.39 is 21.9 Å². The van der Waals surface area contributed by atoms with Crippen molar-refractivity contribution in [3.8, 4) is 0 Å². The zero-order chi connectivity index (χ0) is 9.31. The Kier molecular flexibility index (Phi) is 2.88. The molecule has 6 nitrogen and oxygen atoms in total. The van der Waals surface area contributed by atoms with E-state index in [1.54, 1.807) is 0 Å². The fourth-order valence-electron chi connectivity index (χ4n) is 1.18. The molecule has 0 saturated carbocycles. The average Bonchev–Trinajstić information content (AvgIpc) is 2.16. The summed E-state index contributed by atoms with van der Waals surface area (Å²) in [5.41, 5.74) is -0.419. The summed E-state index contributed by atoms with van der Waals surface area (Å²) in [5, 5.41) is 0. The van der Waals surface area contributed by atoms with Gasteiger partial charge in [0.15, 0.2) is 0 Å². The molecule has 0 N–H and O–H groups in total. The van der Waals surface area contributed by atoms with Crippen molar-refractivity contribution in [3.05, 3.63) is 0 Å². The Labute approximate surface area is 76.4 Å². The molecule has 0 aliphatic carbocycles. The highest BCUT2D eigenvalue weighted by atomic mass is 31.1. The van der Waals surface area contributed by atoms with Gasteiger partial charge in [0.2, 0.25) is 0 Å². The molecule has 13 heavy (non-hydrogen) atoms. The van der Waals surface area contributed by atoms with Crippen LogP contribution in [0.25, 0.3) is 0 Å². The van der Waals surface area contributed by atoms with E-state index in [0.29, 0.717) is 0 Å². The fourth-order valence-corrected chi connectivity index (χ4v) is 3.04. The fraction of sp³-hybridized carbons (Fsp3) is 1.00. The molecule has 2 aliphatic heterocycles. The van der Waals surface area contributed by atoms with Crippen molar-refractivity contribution in [1.29, 1.82) is 0 Å². The van der Waals surface area contributed by atoms with Gasteiger partial charge in [-0.05, 0) is 0 Å². The Morgan fingerprint density at radius 3 is 1.38 bits per heavy atom. The molecule has 2 heterocycles. The summed E-state index contributed by atoms with van der Waals surface area (Å²) in [6.07, 6.45) is 0. The van der Waals surface area contributed by atoms with E-state index in [1.807, 2.05) is 0 Å². The van der Waals surface area contributed by atoms with Crippen LogP contribution in [0.15, 0.2) is 0 Å². The summed E-state index contributed by atoms with van der Waals surface area (Å²) in [6.45, 7) is 1.11. The maximum absolute atomic E-state index is 10.8. The van der Waals surface area contributed by atoms with Gasteiger partial charge >= 0.3 is 16.5 Å². The first-order valence-electron chi connectivity index (χ1n) is 3.79. The maximum atomic E-state index is 10.8. The molecule has 2 saturated heterocycles. The number of rotatable bonds is 0. The molecule has 0 bridgehead atoms. The SMILES string of the molecule is O=[PH]1OCC2(CO1)CO[PH](=O)OC2. The molecule has 2 fully saturated rings. The number of hydrogen-bond acceptors (Lipinski definition) is 6. The molecule has 0 unspecified atom stereocenters. The summed E-state index contributed by atoms with van der Waals surface area (Å²) < 4.78 is 41.0. The lowest BCUT2D eigenvalue weighted by Crippen LogP contribution is -2.43. The van der Waals surface area contributed by atoms with Crippen LogP contribution in [0.2, 0.25) is 0 Å². The Morgan fingerprint density at radius 1 is 0.769 bits per heavy atom. The topological polar surface area (TPSA) is 71.1 Å². The minimum atomic E-state index is -2.31. The Balaban J connectivity index is 1.98. The van der Waals surface area contributed by atoms with Gasteiger partial charge in [-0.3, -0.25) is 9.13 Å². The average molecular weight is 228 g/mol. The van der Waals surface area contributed by atoms with Crippen LogP contribution in [0.4, 0.5) is 0 Å². The lowest BCUT2D eigenvalue weighted by molar-refractivity contribution is -0.0582. The standard InChI is InChI=1S/C5H10O6P2/c6-12-8-1-5(2-9-12)3-10-13(7)11-4-5/h12-13H,1-4H2. The Hall–Kier alpha value is 0.300. The van der Waals surface area contributed by atoms with Gasteiger partial charge in [-0.15, -0.1) is 0 Å². The first-order valence-corrected chi connectivity index (χ1v) is 6.24. The molecular weight excluding hydrogens is 218 g/mol. The van der Waals surface area contributed by atoms with E-state index in [2.05, 4.69) is 0 Å². The first-order chi connectivity index (χ1) is 6.20. The lowest BCUT2D eigenvalue weighted by Gasteiger charge is -2.37. The summed E-state index contributed by atoms with van der Waals surface area (Å²) in [5.74, 6) is 0. The number of hydrogen-bond donors (Lipinski definition) is 0. The second kappa shape index (κ2) is 3.81. The predicted molar refractivity (Wildman–Crippen MR) is 44.2 cm³/mol. The Morgan fingerprint density at radius 2 is 1.08 bits per heavy atom. The normalized spacial score (nSPS) is 46.5. The van der Waals surface area contributed by atoms with Gasteiger partial charge in [-0.25, -0.2) is 0 Å². The second-order valence-electron chi connectivity index (χ2n) is 3.15. The molecule has 2 rings (SSSR count). The molecule has 2 aliphatic rings. The second-order valence-corrected chi connectivity index (χ2v) is 5.31. The van der Waals surface area contributed by atoms with Crippen LogP contribution in [-0.4, -0.2) is 26.4 Å². The van der Waals surface area contributed by atoms with Gasteiger partial charge in [-0.2, -0.15) is 0 Å². The van der Waals surface area contributed by atoms with E-state index in [-0.39, 0.29) is 26.4 Å². The van der Waals surface area contributed by atoms with Crippen molar-refractivity contribution in [2.45, 2.75) is 0 Å². The molecule has 76 valence electrons. The van der Waals surface area contributed by atoms with Gasteiger partial charge < -0.3 is 18.1 Å². The third-order valence-electron chi connectivity index (χ3n) is 1.98. The molecule has 0 atom stereocenters. The van der Waals surface area contributed by atoms with Crippen molar-refractivity contribution in [3.63, 3.8) is 0 Å². The van der Waals surface area contributed by atoms with Crippen LogP contribution >= 0.6 is 16.5 Å². The molecule has 0 radical (unpaired) electrons. The molecule has 8 heteroatoms. The van der Waals surface area contributed by atoms with Gasteiger partial charge in [0.25, 0.3) is 0 Å². The maximum Gasteiger partial charge on any atom is 0.319 e. The van der Waals surface area contributed by atoms with Gasteiger partial charge in [0.05, 0.1) is 31.8 Å². The third-order valence-corrected chi connectivity index (χ3v) is 3.50. The van der Waals surface area contributed by atoms with Gasteiger partial charge in [0, 0.05) is 0 Å². The van der Waals surface area contributed by atoms with Crippen molar-refractivity contribution in [2.24, 2.45) is 5.41 Å². The van der Waals surface area contributed by atoms with Crippen LogP contribution in [-0.2, 0) is 27.2 Å². The largest absolute Gasteiger partial charge is 0.319 e. The molecular formula is C5H10O6P2. The Bertz CT molecular complexity index is 204. The molecule has 1 spiro atoms. The van der Waals surface area contributed by atoms with Crippen LogP contribution in [0.1, 0.15) is 0 Å². The molecule has 0 aromatic rings. The highest BCUT2D eigenvalue weighted by Gasteiger charge is 2.40. The summed E-state index contributed by atoms with van der Waals surface area (Å²) in [6, 6.07) is 0. The quantitative estimate of drug-likeness (QED) is 0.572. The highest BCUT2D eigenvalue weighted by molar-refractivity contribution is 7.33. The van der Waals surface area contributed by atoms with E-state index >= 15 is 0 Å². The van der Waals surface area contributed by atoms with E-state index in [0.717, 1.165) is 0 Å². The summed E-state index contributed by atoms with van der Waals surface area (Å²) >= 11 is 0. The van der Waals surface area contributed by atoms with Gasteiger partial charge in [0.1, 0.15) is 0 Å². The minimum Gasteiger partial charge on any atom is -0.310 e. The van der Waals surface area contributed by atoms with Crippen molar-refractivity contribution in [1.82, 2.24) is 0 Å². The molecule has 0 aromatic carbocycles. The third kappa shape index (κ3) is 2.21. The lowest BCUT2D eigenvalue weighted by atomic mass is 9.93. The smallest absolute Gasteiger partial charge is 0.310 e. The van der Waals surface area contributed by atoms with Crippen LogP contribution in [0, 0.1) is 5.41 Å². The monoisotopic (exact) mass is 228 g/mol. The van der Waals surface area contributed by atoms with Crippen LogP contribution in [0.3, 0.4) is 0 Å².